The average Bonchev–Trinajstić information content (AvgIpc) is 2.18. The lowest BCUT2D eigenvalue weighted by molar-refractivity contribution is 0.00850. The van der Waals surface area contributed by atoms with Crippen molar-refractivity contribution in [1.29, 1.82) is 0 Å². The van der Waals surface area contributed by atoms with Gasteiger partial charge in [-0.05, 0) is 37.9 Å². The van der Waals surface area contributed by atoms with Crippen LogP contribution in [0.3, 0.4) is 0 Å². The predicted molar refractivity (Wildman–Crippen MR) is 57.1 cm³/mol. The Labute approximate surface area is 89.1 Å². The van der Waals surface area contributed by atoms with Crippen molar-refractivity contribution in [2.75, 3.05) is 13.1 Å². The summed E-state index contributed by atoms with van der Waals surface area (Å²) in [6.45, 7) is 3.18. The molecule has 0 aliphatic carbocycles. The maximum atomic E-state index is 13.7. The lowest BCUT2D eigenvalue weighted by atomic mass is 9.84. The van der Waals surface area contributed by atoms with Gasteiger partial charge in [-0.25, -0.2) is 4.39 Å². The monoisotopic (exact) mass is 209 g/mol. The molecule has 1 aliphatic heterocycles. The number of piperidine rings is 1. The lowest BCUT2D eigenvalue weighted by Crippen LogP contribution is -2.44. The fraction of sp³-hybridized carbons (Fsp3) is 0.500. The molecular formula is C12H16FNO. The van der Waals surface area contributed by atoms with Crippen molar-refractivity contribution in [1.82, 2.24) is 5.32 Å². The van der Waals surface area contributed by atoms with E-state index in [0.717, 1.165) is 18.5 Å². The quantitative estimate of drug-likeness (QED) is 0.738. The number of halogens is 1. The topological polar surface area (TPSA) is 32.3 Å². The van der Waals surface area contributed by atoms with E-state index in [2.05, 4.69) is 5.32 Å². The van der Waals surface area contributed by atoms with Crippen molar-refractivity contribution in [3.63, 3.8) is 0 Å². The van der Waals surface area contributed by atoms with Gasteiger partial charge in [0.25, 0.3) is 0 Å². The minimum atomic E-state index is -1.03. The number of β-amino-alcohol motifs (C(OH)–C–C–N with tert-alkyl or cyclic N) is 1. The van der Waals surface area contributed by atoms with E-state index < -0.39 is 5.60 Å². The normalized spacial score (nSPS) is 26.6. The number of hydrogen-bond donors (Lipinski definition) is 2. The second-order valence-electron chi connectivity index (χ2n) is 4.24. The number of aliphatic hydroxyl groups is 1. The molecule has 1 aliphatic rings. The Morgan fingerprint density at radius 3 is 2.87 bits per heavy atom. The largest absolute Gasteiger partial charge is 0.384 e. The average molecular weight is 209 g/mol. The summed E-state index contributed by atoms with van der Waals surface area (Å²) in [7, 11) is 0. The molecule has 0 spiro atoms. The fourth-order valence-electron chi connectivity index (χ4n) is 2.32. The first-order valence-electron chi connectivity index (χ1n) is 5.32. The summed E-state index contributed by atoms with van der Waals surface area (Å²) in [4.78, 5) is 0. The zero-order chi connectivity index (χ0) is 10.9. The van der Waals surface area contributed by atoms with E-state index in [9.17, 15) is 9.50 Å². The summed E-state index contributed by atoms with van der Waals surface area (Å²) in [5.41, 5.74) is 0.242. The smallest absolute Gasteiger partial charge is 0.129 e. The first-order valence-corrected chi connectivity index (χ1v) is 5.32. The molecule has 1 atom stereocenters. The van der Waals surface area contributed by atoms with Crippen LogP contribution in [0.15, 0.2) is 18.2 Å². The molecule has 15 heavy (non-hydrogen) atoms. The second kappa shape index (κ2) is 3.91. The first kappa shape index (κ1) is 10.6. The standard InChI is InChI=1S/C12H16FNO/c1-9-4-2-5-10(13)11(9)12(15)6-3-7-14-8-12/h2,4-5,14-15H,3,6-8H2,1H3. The Balaban J connectivity index is 2.42. The van der Waals surface area contributed by atoms with Crippen LogP contribution in [0.1, 0.15) is 24.0 Å². The predicted octanol–water partition coefficient (Wildman–Crippen LogP) is 1.71. The summed E-state index contributed by atoms with van der Waals surface area (Å²) >= 11 is 0. The third-order valence-electron chi connectivity index (χ3n) is 3.05. The second-order valence-corrected chi connectivity index (χ2v) is 4.24. The van der Waals surface area contributed by atoms with Crippen LogP contribution in [0.2, 0.25) is 0 Å². The number of hydrogen-bond acceptors (Lipinski definition) is 2. The zero-order valence-electron chi connectivity index (χ0n) is 8.89. The number of nitrogens with one attached hydrogen (secondary N) is 1. The van der Waals surface area contributed by atoms with Gasteiger partial charge >= 0.3 is 0 Å². The lowest BCUT2D eigenvalue weighted by Gasteiger charge is -2.34. The van der Waals surface area contributed by atoms with Crippen LogP contribution in [0.4, 0.5) is 4.39 Å². The maximum absolute atomic E-state index is 13.7. The van der Waals surface area contributed by atoms with Gasteiger partial charge in [0.1, 0.15) is 11.4 Å². The molecule has 3 heteroatoms. The molecule has 1 unspecified atom stereocenters. The van der Waals surface area contributed by atoms with Crippen molar-refractivity contribution in [3.05, 3.63) is 35.1 Å². The Kier molecular flexibility index (Phi) is 2.76. The third-order valence-corrected chi connectivity index (χ3v) is 3.05. The van der Waals surface area contributed by atoms with E-state index in [1.165, 1.54) is 6.07 Å². The van der Waals surface area contributed by atoms with E-state index in [-0.39, 0.29) is 5.82 Å². The molecule has 2 rings (SSSR count). The highest BCUT2D eigenvalue weighted by Crippen LogP contribution is 2.32. The highest BCUT2D eigenvalue weighted by molar-refractivity contribution is 5.33. The maximum Gasteiger partial charge on any atom is 0.129 e. The van der Waals surface area contributed by atoms with Crippen LogP contribution < -0.4 is 5.32 Å². The number of aryl methyl sites for hydroxylation is 1. The van der Waals surface area contributed by atoms with Crippen molar-refractivity contribution >= 4 is 0 Å². The van der Waals surface area contributed by atoms with Gasteiger partial charge in [0, 0.05) is 12.1 Å². The summed E-state index contributed by atoms with van der Waals surface area (Å²) in [5.74, 6) is -0.304. The van der Waals surface area contributed by atoms with Gasteiger partial charge in [-0.15, -0.1) is 0 Å². The van der Waals surface area contributed by atoms with E-state index in [0.29, 0.717) is 18.5 Å². The van der Waals surface area contributed by atoms with Crippen LogP contribution in [-0.2, 0) is 5.60 Å². The molecule has 2 N–H and O–H groups in total. The molecule has 0 bridgehead atoms. The Morgan fingerprint density at radius 2 is 2.27 bits per heavy atom. The summed E-state index contributed by atoms with van der Waals surface area (Å²) in [6.07, 6.45) is 1.51. The number of benzene rings is 1. The van der Waals surface area contributed by atoms with Gasteiger partial charge in [0.15, 0.2) is 0 Å². The Bertz CT molecular complexity index is 338. The van der Waals surface area contributed by atoms with E-state index in [1.807, 2.05) is 13.0 Å². The molecule has 0 saturated carbocycles. The van der Waals surface area contributed by atoms with Crippen LogP contribution in [0.5, 0.6) is 0 Å². The van der Waals surface area contributed by atoms with Crippen molar-refractivity contribution in [2.24, 2.45) is 0 Å². The van der Waals surface area contributed by atoms with Crippen molar-refractivity contribution in [2.45, 2.75) is 25.4 Å². The van der Waals surface area contributed by atoms with E-state index in [4.69, 9.17) is 0 Å². The van der Waals surface area contributed by atoms with E-state index in [1.54, 1.807) is 6.07 Å². The molecule has 1 heterocycles. The molecule has 1 aromatic carbocycles. The first-order chi connectivity index (χ1) is 7.13. The third kappa shape index (κ3) is 1.90. The molecule has 0 aromatic heterocycles. The zero-order valence-corrected chi connectivity index (χ0v) is 8.89. The minimum absolute atomic E-state index is 0.304. The van der Waals surface area contributed by atoms with Gasteiger partial charge in [-0.2, -0.15) is 0 Å². The highest BCUT2D eigenvalue weighted by atomic mass is 19.1. The fourth-order valence-corrected chi connectivity index (χ4v) is 2.32. The minimum Gasteiger partial charge on any atom is -0.384 e. The van der Waals surface area contributed by atoms with Crippen LogP contribution >= 0.6 is 0 Å². The van der Waals surface area contributed by atoms with Gasteiger partial charge in [-0.1, -0.05) is 12.1 Å². The molecule has 1 fully saturated rings. The molecule has 82 valence electrons. The molecule has 0 radical (unpaired) electrons. The molecule has 1 saturated heterocycles. The summed E-state index contributed by atoms with van der Waals surface area (Å²) < 4.78 is 13.7. The van der Waals surface area contributed by atoms with Gasteiger partial charge in [0.2, 0.25) is 0 Å². The SMILES string of the molecule is Cc1cccc(F)c1C1(O)CCCNC1. The Morgan fingerprint density at radius 1 is 1.47 bits per heavy atom. The van der Waals surface area contributed by atoms with Crippen LogP contribution in [0, 0.1) is 12.7 Å². The summed E-state index contributed by atoms with van der Waals surface area (Å²) in [5, 5.41) is 13.5. The van der Waals surface area contributed by atoms with Gasteiger partial charge in [-0.3, -0.25) is 0 Å². The Hall–Kier alpha value is -0.930. The van der Waals surface area contributed by atoms with Crippen molar-refractivity contribution in [3.8, 4) is 0 Å². The van der Waals surface area contributed by atoms with Crippen LogP contribution in [0.25, 0.3) is 0 Å². The molecular weight excluding hydrogens is 193 g/mol. The molecule has 2 nitrogen and oxygen atoms in total. The van der Waals surface area contributed by atoms with Crippen LogP contribution in [-0.4, -0.2) is 18.2 Å². The highest BCUT2D eigenvalue weighted by Gasteiger charge is 2.34. The van der Waals surface area contributed by atoms with Crippen molar-refractivity contribution < 1.29 is 9.50 Å². The summed E-state index contributed by atoms with van der Waals surface area (Å²) in [6, 6.07) is 4.92. The van der Waals surface area contributed by atoms with Gasteiger partial charge in [0.05, 0.1) is 0 Å². The number of rotatable bonds is 1. The van der Waals surface area contributed by atoms with Gasteiger partial charge < -0.3 is 10.4 Å². The molecule has 0 amide bonds. The van der Waals surface area contributed by atoms with E-state index >= 15 is 0 Å². The molecule has 1 aromatic rings.